The first-order chi connectivity index (χ1) is 9.70. The van der Waals surface area contributed by atoms with E-state index in [9.17, 15) is 0 Å². The van der Waals surface area contributed by atoms with E-state index in [1.54, 1.807) is 11.3 Å². The Morgan fingerprint density at radius 1 is 1.45 bits per heavy atom. The number of nitrogens with one attached hydrogen (secondary N) is 1. The minimum absolute atomic E-state index is 0.736. The first-order valence-electron chi connectivity index (χ1n) is 6.84. The molecule has 106 valence electrons. The van der Waals surface area contributed by atoms with Gasteiger partial charge in [-0.1, -0.05) is 28.1 Å². The Labute approximate surface area is 132 Å². The standard InChI is InChI=1S/C15H18BrN3S/c1-19(9-11-3-2-4-12(16)7-11)15-18-14(10-20-15)8-17-13-5-6-13/h2-4,7,10,13,17H,5-6,8-9H2,1H3. The Morgan fingerprint density at radius 3 is 3.05 bits per heavy atom. The molecule has 1 saturated carbocycles. The minimum Gasteiger partial charge on any atom is -0.347 e. The van der Waals surface area contributed by atoms with Gasteiger partial charge in [0.1, 0.15) is 0 Å². The molecule has 0 atom stereocenters. The van der Waals surface area contributed by atoms with Gasteiger partial charge in [0, 0.05) is 36.0 Å². The second-order valence-electron chi connectivity index (χ2n) is 5.26. The topological polar surface area (TPSA) is 28.2 Å². The average Bonchev–Trinajstić information content (AvgIpc) is 3.13. The first kappa shape index (κ1) is 14.0. The monoisotopic (exact) mass is 351 g/mol. The molecular weight excluding hydrogens is 334 g/mol. The second-order valence-corrected chi connectivity index (χ2v) is 7.01. The highest BCUT2D eigenvalue weighted by atomic mass is 79.9. The summed E-state index contributed by atoms with van der Waals surface area (Å²) in [5.74, 6) is 0. The van der Waals surface area contributed by atoms with Crippen LogP contribution in [0.3, 0.4) is 0 Å². The molecule has 0 aliphatic heterocycles. The molecule has 0 amide bonds. The quantitative estimate of drug-likeness (QED) is 0.857. The predicted octanol–water partition coefficient (Wildman–Crippen LogP) is 3.79. The van der Waals surface area contributed by atoms with Crippen LogP contribution in [0.4, 0.5) is 5.13 Å². The predicted molar refractivity (Wildman–Crippen MR) is 88.2 cm³/mol. The maximum absolute atomic E-state index is 4.70. The summed E-state index contributed by atoms with van der Waals surface area (Å²) in [6.45, 7) is 1.77. The smallest absolute Gasteiger partial charge is 0.185 e. The van der Waals surface area contributed by atoms with Gasteiger partial charge in [-0.2, -0.15) is 0 Å². The van der Waals surface area contributed by atoms with E-state index in [1.165, 1.54) is 18.4 Å². The summed E-state index contributed by atoms with van der Waals surface area (Å²) in [6, 6.07) is 9.15. The van der Waals surface area contributed by atoms with E-state index in [0.717, 1.165) is 34.4 Å². The van der Waals surface area contributed by atoms with E-state index in [1.807, 2.05) is 0 Å². The summed E-state index contributed by atoms with van der Waals surface area (Å²) in [5, 5.41) is 6.74. The van der Waals surface area contributed by atoms with Crippen molar-refractivity contribution in [2.24, 2.45) is 0 Å². The van der Waals surface area contributed by atoms with E-state index in [-0.39, 0.29) is 0 Å². The van der Waals surface area contributed by atoms with Gasteiger partial charge >= 0.3 is 0 Å². The van der Waals surface area contributed by atoms with E-state index >= 15 is 0 Å². The van der Waals surface area contributed by atoms with Gasteiger partial charge in [0.15, 0.2) is 5.13 Å². The van der Waals surface area contributed by atoms with Gasteiger partial charge in [0.2, 0.25) is 0 Å². The summed E-state index contributed by atoms with van der Waals surface area (Å²) >= 11 is 5.23. The molecule has 1 aromatic heterocycles. The van der Waals surface area contributed by atoms with Gasteiger partial charge in [-0.05, 0) is 30.5 Å². The third-order valence-corrected chi connectivity index (χ3v) is 4.82. The normalized spacial score (nSPS) is 14.5. The maximum Gasteiger partial charge on any atom is 0.185 e. The molecule has 0 spiro atoms. The molecule has 1 aliphatic carbocycles. The van der Waals surface area contributed by atoms with Crippen molar-refractivity contribution in [3.63, 3.8) is 0 Å². The molecule has 1 fully saturated rings. The van der Waals surface area contributed by atoms with E-state index < -0.39 is 0 Å². The van der Waals surface area contributed by atoms with Crippen LogP contribution < -0.4 is 10.2 Å². The minimum atomic E-state index is 0.736. The molecule has 5 heteroatoms. The molecule has 0 unspecified atom stereocenters. The van der Waals surface area contributed by atoms with Crippen LogP contribution in [0.15, 0.2) is 34.1 Å². The van der Waals surface area contributed by atoms with Crippen LogP contribution in [0.1, 0.15) is 24.1 Å². The van der Waals surface area contributed by atoms with Gasteiger partial charge in [0.05, 0.1) is 5.69 Å². The number of halogens is 1. The molecule has 2 aromatic rings. The van der Waals surface area contributed by atoms with Crippen molar-refractivity contribution in [1.29, 1.82) is 0 Å². The lowest BCUT2D eigenvalue weighted by Gasteiger charge is -2.15. The van der Waals surface area contributed by atoms with E-state index in [0.29, 0.717) is 0 Å². The Hall–Kier alpha value is -0.910. The average molecular weight is 352 g/mol. The fourth-order valence-corrected chi connectivity index (χ4v) is 3.30. The lowest BCUT2D eigenvalue weighted by atomic mass is 10.2. The number of nitrogens with zero attached hydrogens (tertiary/aromatic N) is 2. The zero-order valence-electron chi connectivity index (χ0n) is 11.5. The molecule has 1 N–H and O–H groups in total. The van der Waals surface area contributed by atoms with Crippen molar-refractivity contribution in [2.75, 3.05) is 11.9 Å². The molecule has 3 nitrogen and oxygen atoms in total. The van der Waals surface area contributed by atoms with E-state index in [2.05, 4.69) is 62.8 Å². The summed E-state index contributed by atoms with van der Waals surface area (Å²) in [6.07, 6.45) is 2.64. The highest BCUT2D eigenvalue weighted by Gasteiger charge is 2.20. The fraction of sp³-hybridized carbons (Fsp3) is 0.400. The number of rotatable bonds is 6. The molecule has 0 radical (unpaired) electrons. The highest BCUT2D eigenvalue weighted by molar-refractivity contribution is 9.10. The van der Waals surface area contributed by atoms with Crippen LogP contribution in [-0.4, -0.2) is 18.1 Å². The van der Waals surface area contributed by atoms with Crippen molar-refractivity contribution in [1.82, 2.24) is 10.3 Å². The van der Waals surface area contributed by atoms with Crippen molar-refractivity contribution >= 4 is 32.4 Å². The Morgan fingerprint density at radius 2 is 2.30 bits per heavy atom. The van der Waals surface area contributed by atoms with Gasteiger partial charge < -0.3 is 10.2 Å². The molecule has 3 rings (SSSR count). The number of anilines is 1. The molecular formula is C15H18BrN3S. The molecule has 1 aliphatic rings. The third kappa shape index (κ3) is 3.81. The third-order valence-electron chi connectivity index (χ3n) is 3.32. The van der Waals surface area contributed by atoms with E-state index in [4.69, 9.17) is 4.98 Å². The van der Waals surface area contributed by atoms with Gasteiger partial charge in [-0.15, -0.1) is 11.3 Å². The summed E-state index contributed by atoms with van der Waals surface area (Å²) in [4.78, 5) is 6.90. The van der Waals surface area contributed by atoms with Crippen LogP contribution in [0.5, 0.6) is 0 Å². The number of thiazole rings is 1. The summed E-state index contributed by atoms with van der Waals surface area (Å²) in [5.41, 5.74) is 2.44. The van der Waals surface area contributed by atoms with Crippen molar-refractivity contribution in [3.8, 4) is 0 Å². The van der Waals surface area contributed by atoms with Gasteiger partial charge in [-0.3, -0.25) is 0 Å². The summed E-state index contributed by atoms with van der Waals surface area (Å²) in [7, 11) is 2.10. The highest BCUT2D eigenvalue weighted by Crippen LogP contribution is 2.23. The van der Waals surface area contributed by atoms with Crippen LogP contribution in [0.2, 0.25) is 0 Å². The lowest BCUT2D eigenvalue weighted by Crippen LogP contribution is -2.17. The lowest BCUT2D eigenvalue weighted by molar-refractivity contribution is 0.676. The van der Waals surface area contributed by atoms with Crippen LogP contribution in [-0.2, 0) is 13.1 Å². The Balaban J connectivity index is 1.59. The maximum atomic E-state index is 4.70. The Kier molecular flexibility index (Phi) is 4.38. The summed E-state index contributed by atoms with van der Waals surface area (Å²) < 4.78 is 1.12. The van der Waals surface area contributed by atoms with Gasteiger partial charge in [-0.25, -0.2) is 4.98 Å². The number of benzene rings is 1. The molecule has 0 bridgehead atoms. The zero-order valence-corrected chi connectivity index (χ0v) is 13.9. The SMILES string of the molecule is CN(Cc1cccc(Br)c1)c1nc(CNC2CC2)cs1. The number of hydrogen-bond donors (Lipinski definition) is 1. The van der Waals surface area contributed by atoms with Crippen molar-refractivity contribution < 1.29 is 0 Å². The van der Waals surface area contributed by atoms with Crippen LogP contribution >= 0.6 is 27.3 Å². The van der Waals surface area contributed by atoms with Crippen molar-refractivity contribution in [2.45, 2.75) is 32.0 Å². The second kappa shape index (κ2) is 6.24. The molecule has 20 heavy (non-hydrogen) atoms. The first-order valence-corrected chi connectivity index (χ1v) is 8.51. The van der Waals surface area contributed by atoms with Crippen molar-refractivity contribution in [3.05, 3.63) is 45.4 Å². The number of hydrogen-bond acceptors (Lipinski definition) is 4. The molecule has 1 aromatic carbocycles. The fourth-order valence-electron chi connectivity index (χ4n) is 2.07. The van der Waals surface area contributed by atoms with Gasteiger partial charge in [0.25, 0.3) is 0 Å². The number of aromatic nitrogens is 1. The van der Waals surface area contributed by atoms with Crippen LogP contribution in [0.25, 0.3) is 0 Å². The molecule has 0 saturated heterocycles. The molecule has 1 heterocycles. The Bertz CT molecular complexity index is 580. The zero-order chi connectivity index (χ0) is 13.9. The largest absolute Gasteiger partial charge is 0.347 e. The van der Waals surface area contributed by atoms with Crippen LogP contribution in [0, 0.1) is 0 Å².